The number of hydrogen-bond donors (Lipinski definition) is 1. The molecule has 0 atom stereocenters. The van der Waals surface area contributed by atoms with Crippen LogP contribution in [0.25, 0.3) is 0 Å². The summed E-state index contributed by atoms with van der Waals surface area (Å²) in [6, 6.07) is 1.82. The summed E-state index contributed by atoms with van der Waals surface area (Å²) < 4.78 is 0. The molecule has 0 saturated carbocycles. The Hall–Kier alpha value is -2.29. The highest BCUT2D eigenvalue weighted by Gasteiger charge is 2.20. The summed E-state index contributed by atoms with van der Waals surface area (Å²) in [5, 5.41) is 3.13. The second-order valence-corrected chi connectivity index (χ2v) is 4.13. The lowest BCUT2D eigenvalue weighted by Crippen LogP contribution is -2.52. The van der Waals surface area contributed by atoms with Gasteiger partial charge in [0.1, 0.15) is 0 Å². The van der Waals surface area contributed by atoms with Crippen LogP contribution in [0.5, 0.6) is 0 Å². The van der Waals surface area contributed by atoms with Gasteiger partial charge in [0, 0.05) is 45.6 Å². The van der Waals surface area contributed by atoms with E-state index in [2.05, 4.69) is 36.0 Å². The number of aliphatic imine (C=N–C) groups is 1. The third kappa shape index (κ3) is 3.35. The minimum Gasteiger partial charge on any atom is -0.345 e. The van der Waals surface area contributed by atoms with Crippen molar-refractivity contribution < 1.29 is 0 Å². The lowest BCUT2D eigenvalue weighted by atomic mass is 10.3. The zero-order chi connectivity index (χ0) is 13.5. The van der Waals surface area contributed by atoms with Gasteiger partial charge in [0.25, 0.3) is 0 Å². The highest BCUT2D eigenvalue weighted by Crippen LogP contribution is 2.09. The first-order valence-corrected chi connectivity index (χ1v) is 6.26. The Bertz CT molecular complexity index is 456. The van der Waals surface area contributed by atoms with Gasteiger partial charge in [-0.25, -0.2) is 9.97 Å². The molecule has 1 fully saturated rings. The molecular formula is C13H18N6. The fourth-order valence-electron chi connectivity index (χ4n) is 2.04. The van der Waals surface area contributed by atoms with Gasteiger partial charge in [-0.3, -0.25) is 4.99 Å². The summed E-state index contributed by atoms with van der Waals surface area (Å²) in [4.78, 5) is 17.1. The molecule has 1 aromatic rings. The fourth-order valence-corrected chi connectivity index (χ4v) is 2.04. The summed E-state index contributed by atoms with van der Waals surface area (Å²) in [6.07, 6.45) is 8.78. The maximum Gasteiger partial charge on any atom is 0.225 e. The van der Waals surface area contributed by atoms with Gasteiger partial charge < -0.3 is 15.1 Å². The maximum atomic E-state index is 5.25. The molecule has 1 aliphatic rings. The zero-order valence-electron chi connectivity index (χ0n) is 11.1. The molecule has 0 unspecified atom stereocenters. The molecule has 0 amide bonds. The van der Waals surface area contributed by atoms with Crippen molar-refractivity contribution in [2.24, 2.45) is 4.99 Å². The van der Waals surface area contributed by atoms with Crippen LogP contribution in [-0.4, -0.2) is 60.6 Å². The van der Waals surface area contributed by atoms with Gasteiger partial charge in [0.15, 0.2) is 5.96 Å². The Morgan fingerprint density at radius 2 is 2.05 bits per heavy atom. The van der Waals surface area contributed by atoms with E-state index in [9.17, 15) is 0 Å². The Balaban J connectivity index is 1.90. The van der Waals surface area contributed by atoms with Crippen LogP contribution < -0.4 is 10.2 Å². The highest BCUT2D eigenvalue weighted by atomic mass is 15.4. The Morgan fingerprint density at radius 1 is 1.37 bits per heavy atom. The van der Waals surface area contributed by atoms with E-state index in [1.807, 2.05) is 6.07 Å². The lowest BCUT2D eigenvalue weighted by Gasteiger charge is -2.36. The number of terminal acetylenes is 1. The molecule has 0 bridgehead atoms. The predicted molar refractivity (Wildman–Crippen MR) is 76.0 cm³/mol. The van der Waals surface area contributed by atoms with Gasteiger partial charge in [0.05, 0.1) is 6.54 Å². The van der Waals surface area contributed by atoms with Crippen molar-refractivity contribution >= 4 is 11.9 Å². The van der Waals surface area contributed by atoms with Crippen molar-refractivity contribution in [3.63, 3.8) is 0 Å². The molecule has 19 heavy (non-hydrogen) atoms. The normalized spacial score (nSPS) is 16.1. The third-order valence-electron chi connectivity index (χ3n) is 2.97. The summed E-state index contributed by atoms with van der Waals surface area (Å²) in [6.45, 7) is 4.00. The van der Waals surface area contributed by atoms with Crippen LogP contribution in [0.3, 0.4) is 0 Å². The number of nitrogens with zero attached hydrogens (tertiary/aromatic N) is 5. The van der Waals surface area contributed by atoms with Crippen LogP contribution in [0.2, 0.25) is 0 Å². The van der Waals surface area contributed by atoms with Gasteiger partial charge in [-0.15, -0.1) is 6.42 Å². The molecule has 0 aromatic carbocycles. The Morgan fingerprint density at radius 3 is 2.63 bits per heavy atom. The number of anilines is 1. The fraction of sp³-hybridized carbons (Fsp3) is 0.462. The molecule has 0 radical (unpaired) electrons. The van der Waals surface area contributed by atoms with Crippen LogP contribution in [0.4, 0.5) is 5.95 Å². The molecule has 1 saturated heterocycles. The minimum absolute atomic E-state index is 0.495. The topological polar surface area (TPSA) is 56.7 Å². The average molecular weight is 258 g/mol. The second-order valence-electron chi connectivity index (χ2n) is 4.13. The van der Waals surface area contributed by atoms with E-state index < -0.39 is 0 Å². The molecule has 100 valence electrons. The first kappa shape index (κ1) is 13.1. The van der Waals surface area contributed by atoms with Crippen molar-refractivity contribution in [3.8, 4) is 12.3 Å². The van der Waals surface area contributed by atoms with Gasteiger partial charge in [0.2, 0.25) is 5.95 Å². The van der Waals surface area contributed by atoms with Gasteiger partial charge >= 0.3 is 0 Å². The van der Waals surface area contributed by atoms with Crippen LogP contribution in [0.1, 0.15) is 0 Å². The molecule has 0 spiro atoms. The number of hydrogen-bond acceptors (Lipinski definition) is 4. The molecular weight excluding hydrogens is 240 g/mol. The molecule has 1 aromatic heterocycles. The van der Waals surface area contributed by atoms with E-state index in [0.29, 0.717) is 6.54 Å². The van der Waals surface area contributed by atoms with E-state index in [4.69, 9.17) is 6.42 Å². The van der Waals surface area contributed by atoms with Gasteiger partial charge in [-0.2, -0.15) is 0 Å². The van der Waals surface area contributed by atoms with Crippen LogP contribution in [-0.2, 0) is 0 Å². The molecule has 6 heteroatoms. The molecule has 2 rings (SSSR count). The van der Waals surface area contributed by atoms with Crippen LogP contribution in [0.15, 0.2) is 23.5 Å². The third-order valence-corrected chi connectivity index (χ3v) is 2.97. The number of aromatic nitrogens is 2. The number of guanidine groups is 1. The standard InChI is InChI=1S/C13H18N6/c1-3-5-15-12(14-2)18-8-10-19(11-9-18)13-16-6-4-7-17-13/h1,4,6-7H,5,8-11H2,2H3,(H,14,15). The smallest absolute Gasteiger partial charge is 0.225 e. The van der Waals surface area contributed by atoms with E-state index in [0.717, 1.165) is 38.1 Å². The van der Waals surface area contributed by atoms with Crippen molar-refractivity contribution in [2.45, 2.75) is 0 Å². The van der Waals surface area contributed by atoms with Crippen molar-refractivity contribution in [2.75, 3.05) is 44.7 Å². The Kier molecular flexibility index (Phi) is 4.56. The van der Waals surface area contributed by atoms with E-state index >= 15 is 0 Å². The van der Waals surface area contributed by atoms with Crippen molar-refractivity contribution in [3.05, 3.63) is 18.5 Å². The number of rotatable bonds is 2. The van der Waals surface area contributed by atoms with Crippen LogP contribution in [0, 0.1) is 12.3 Å². The van der Waals surface area contributed by atoms with E-state index in [-0.39, 0.29) is 0 Å². The molecule has 6 nitrogen and oxygen atoms in total. The quantitative estimate of drug-likeness (QED) is 0.452. The summed E-state index contributed by atoms with van der Waals surface area (Å²) in [5.41, 5.74) is 0. The highest BCUT2D eigenvalue weighted by molar-refractivity contribution is 5.80. The molecule has 2 heterocycles. The van der Waals surface area contributed by atoms with Crippen molar-refractivity contribution in [1.29, 1.82) is 0 Å². The number of nitrogens with one attached hydrogen (secondary N) is 1. The first-order valence-electron chi connectivity index (χ1n) is 6.26. The monoisotopic (exact) mass is 258 g/mol. The molecule has 1 aliphatic heterocycles. The lowest BCUT2D eigenvalue weighted by molar-refractivity contribution is 0.372. The summed E-state index contributed by atoms with van der Waals surface area (Å²) in [5.74, 6) is 4.20. The SMILES string of the molecule is C#CCNC(=NC)N1CCN(c2ncccn2)CC1. The Labute approximate surface area is 113 Å². The molecule has 1 N–H and O–H groups in total. The zero-order valence-corrected chi connectivity index (χ0v) is 11.1. The minimum atomic E-state index is 0.495. The largest absolute Gasteiger partial charge is 0.345 e. The van der Waals surface area contributed by atoms with E-state index in [1.54, 1.807) is 19.4 Å². The van der Waals surface area contributed by atoms with E-state index in [1.165, 1.54) is 0 Å². The van der Waals surface area contributed by atoms with Gasteiger partial charge in [-0.05, 0) is 6.07 Å². The second kappa shape index (κ2) is 6.59. The maximum absolute atomic E-state index is 5.25. The summed E-state index contributed by atoms with van der Waals surface area (Å²) >= 11 is 0. The predicted octanol–water partition coefficient (Wildman–Crippen LogP) is -0.193. The molecule has 0 aliphatic carbocycles. The average Bonchev–Trinajstić information content (AvgIpc) is 2.49. The number of piperazine rings is 1. The van der Waals surface area contributed by atoms with Crippen LogP contribution >= 0.6 is 0 Å². The summed E-state index contributed by atoms with van der Waals surface area (Å²) in [7, 11) is 1.77. The first-order chi connectivity index (χ1) is 9.35. The van der Waals surface area contributed by atoms with Gasteiger partial charge in [-0.1, -0.05) is 5.92 Å². The van der Waals surface area contributed by atoms with Crippen molar-refractivity contribution in [1.82, 2.24) is 20.2 Å².